The van der Waals surface area contributed by atoms with Gasteiger partial charge in [-0.1, -0.05) is 0 Å². The zero-order valence-electron chi connectivity index (χ0n) is 13.5. The fourth-order valence-corrected chi connectivity index (χ4v) is 2.14. The number of aromatic nitrogens is 1. The van der Waals surface area contributed by atoms with Crippen molar-refractivity contribution in [3.05, 3.63) is 28.7 Å². The second kappa shape index (κ2) is 7.40. The Kier molecular flexibility index (Phi) is 5.54. The number of anilines is 1. The zero-order chi connectivity index (χ0) is 17.0. The van der Waals surface area contributed by atoms with Crippen LogP contribution in [0.1, 0.15) is 0 Å². The topological polar surface area (TPSA) is 103 Å². The van der Waals surface area contributed by atoms with Gasteiger partial charge in [-0.2, -0.15) is 0 Å². The average molecular weight is 322 g/mol. The van der Waals surface area contributed by atoms with Crippen molar-refractivity contribution < 1.29 is 13.9 Å². The molecule has 126 valence electrons. The van der Waals surface area contributed by atoms with Crippen LogP contribution in [0.2, 0.25) is 0 Å². The number of carbonyl (C=O) groups is 1. The molecule has 8 heteroatoms. The number of ether oxygens (including phenoxy) is 1. The quantitative estimate of drug-likeness (QED) is 0.748. The number of amides is 1. The molecule has 0 spiro atoms. The maximum atomic E-state index is 11.9. The van der Waals surface area contributed by atoms with Crippen LogP contribution < -0.4 is 16.8 Å². The molecule has 0 radical (unpaired) electrons. The van der Waals surface area contributed by atoms with Crippen LogP contribution in [0.4, 0.5) is 5.69 Å². The number of fused-ring (bicyclic) bond motifs is 1. The summed E-state index contributed by atoms with van der Waals surface area (Å²) in [6.07, 6.45) is 0. The maximum Gasteiger partial charge on any atom is 0.419 e. The third kappa shape index (κ3) is 4.19. The van der Waals surface area contributed by atoms with Gasteiger partial charge in [0.2, 0.25) is 5.91 Å². The molecular weight excluding hydrogens is 300 g/mol. The molecule has 8 nitrogen and oxygen atoms in total. The lowest BCUT2D eigenvalue weighted by molar-refractivity contribution is -0.118. The van der Waals surface area contributed by atoms with Gasteiger partial charge in [-0.05, 0) is 32.3 Å². The third-order valence-electron chi connectivity index (χ3n) is 3.39. The molecule has 1 aromatic heterocycles. The highest BCUT2D eigenvalue weighted by Crippen LogP contribution is 2.18. The van der Waals surface area contributed by atoms with Gasteiger partial charge < -0.3 is 25.1 Å². The zero-order valence-corrected chi connectivity index (χ0v) is 13.5. The smallest absolute Gasteiger partial charge is 0.408 e. The average Bonchev–Trinajstić information content (AvgIpc) is 2.80. The molecule has 1 heterocycles. The predicted molar refractivity (Wildman–Crippen MR) is 87.5 cm³/mol. The molecule has 0 aliphatic rings. The number of benzene rings is 1. The van der Waals surface area contributed by atoms with E-state index in [4.69, 9.17) is 14.9 Å². The number of nitrogens with zero attached hydrogens (tertiary/aromatic N) is 2. The van der Waals surface area contributed by atoms with E-state index in [1.807, 2.05) is 19.0 Å². The molecule has 1 unspecified atom stereocenters. The Balaban J connectivity index is 2.25. The van der Waals surface area contributed by atoms with Gasteiger partial charge in [0.1, 0.15) is 6.04 Å². The minimum atomic E-state index is -0.754. The Labute approximate surface area is 133 Å². The van der Waals surface area contributed by atoms with E-state index in [1.54, 1.807) is 22.8 Å². The number of methoxy groups -OCH3 is 1. The van der Waals surface area contributed by atoms with E-state index < -0.39 is 11.8 Å². The predicted octanol–water partition coefficient (Wildman–Crippen LogP) is 0.0683. The summed E-state index contributed by atoms with van der Waals surface area (Å²) in [4.78, 5) is 25.8. The Hall–Kier alpha value is -2.16. The molecule has 1 amide bonds. The highest BCUT2D eigenvalue weighted by Gasteiger charge is 2.15. The van der Waals surface area contributed by atoms with Crippen molar-refractivity contribution in [1.82, 2.24) is 9.47 Å². The highest BCUT2D eigenvalue weighted by atomic mass is 16.5. The molecule has 23 heavy (non-hydrogen) atoms. The van der Waals surface area contributed by atoms with Gasteiger partial charge >= 0.3 is 5.76 Å². The van der Waals surface area contributed by atoms with Crippen LogP contribution in [-0.2, 0) is 16.1 Å². The van der Waals surface area contributed by atoms with E-state index in [-0.39, 0.29) is 12.5 Å². The van der Waals surface area contributed by atoms with Crippen molar-refractivity contribution in [2.24, 2.45) is 5.73 Å². The van der Waals surface area contributed by atoms with E-state index in [0.29, 0.717) is 29.9 Å². The molecule has 0 bridgehead atoms. The molecule has 2 aromatic rings. The molecule has 1 aromatic carbocycles. The number of nitrogens with one attached hydrogen (secondary N) is 1. The first-order chi connectivity index (χ1) is 10.9. The summed E-state index contributed by atoms with van der Waals surface area (Å²) >= 11 is 0. The second-order valence-electron chi connectivity index (χ2n) is 5.56. The Morgan fingerprint density at radius 2 is 2.22 bits per heavy atom. The lowest BCUT2D eigenvalue weighted by Gasteiger charge is -2.12. The Morgan fingerprint density at radius 3 is 2.87 bits per heavy atom. The van der Waals surface area contributed by atoms with Crippen molar-refractivity contribution in [2.75, 3.05) is 39.7 Å². The van der Waals surface area contributed by atoms with E-state index >= 15 is 0 Å². The highest BCUT2D eigenvalue weighted by molar-refractivity contribution is 5.96. The van der Waals surface area contributed by atoms with Gasteiger partial charge in [-0.25, -0.2) is 4.79 Å². The minimum absolute atomic E-state index is 0.132. The third-order valence-corrected chi connectivity index (χ3v) is 3.39. The molecule has 0 saturated carbocycles. The van der Waals surface area contributed by atoms with Crippen molar-refractivity contribution in [3.63, 3.8) is 0 Å². The molecule has 0 fully saturated rings. The normalized spacial score (nSPS) is 12.7. The fraction of sp³-hybridized carbons (Fsp3) is 0.467. The van der Waals surface area contributed by atoms with Crippen molar-refractivity contribution in [3.8, 4) is 0 Å². The van der Waals surface area contributed by atoms with Crippen molar-refractivity contribution in [2.45, 2.75) is 12.6 Å². The summed E-state index contributed by atoms with van der Waals surface area (Å²) in [6.45, 7) is 1.33. The number of carbonyl (C=O) groups excluding carboxylic acids is 1. The molecular formula is C15H22N4O4. The molecule has 1 atom stereocenters. The van der Waals surface area contributed by atoms with Crippen molar-refractivity contribution >= 4 is 22.7 Å². The molecule has 0 saturated heterocycles. The monoisotopic (exact) mass is 322 g/mol. The van der Waals surface area contributed by atoms with Gasteiger partial charge in [0.05, 0.1) is 12.1 Å². The standard InChI is InChI=1S/C15H22N4O4/c1-18(2)6-7-19-12-8-10(4-5-13(12)23-15(19)21)17-14(20)11(16)9-22-3/h4-5,8,11H,6-7,9,16H2,1-3H3,(H,17,20). The Morgan fingerprint density at radius 1 is 1.48 bits per heavy atom. The van der Waals surface area contributed by atoms with Gasteiger partial charge in [0.15, 0.2) is 5.58 Å². The largest absolute Gasteiger partial charge is 0.419 e. The van der Waals surface area contributed by atoms with Crippen LogP contribution in [0, 0.1) is 0 Å². The van der Waals surface area contributed by atoms with Gasteiger partial charge in [0.25, 0.3) is 0 Å². The summed E-state index contributed by atoms with van der Waals surface area (Å²) < 4.78 is 11.6. The number of oxazole rings is 1. The van der Waals surface area contributed by atoms with Gasteiger partial charge in [0, 0.05) is 25.9 Å². The van der Waals surface area contributed by atoms with E-state index in [1.165, 1.54) is 7.11 Å². The molecule has 2 rings (SSSR count). The number of hydrogen-bond acceptors (Lipinski definition) is 6. The summed E-state index contributed by atoms with van der Waals surface area (Å²) in [5.41, 5.74) is 7.35. The van der Waals surface area contributed by atoms with Gasteiger partial charge in [-0.15, -0.1) is 0 Å². The van der Waals surface area contributed by atoms with Crippen molar-refractivity contribution in [1.29, 1.82) is 0 Å². The lowest BCUT2D eigenvalue weighted by atomic mass is 10.2. The van der Waals surface area contributed by atoms with Crippen LogP contribution >= 0.6 is 0 Å². The van der Waals surface area contributed by atoms with Crippen LogP contribution in [0.25, 0.3) is 11.1 Å². The molecule has 3 N–H and O–H groups in total. The van der Waals surface area contributed by atoms with E-state index in [9.17, 15) is 9.59 Å². The summed E-state index contributed by atoms with van der Waals surface area (Å²) in [5, 5.41) is 2.71. The van der Waals surface area contributed by atoms with E-state index in [2.05, 4.69) is 5.32 Å². The molecule has 0 aliphatic heterocycles. The number of nitrogens with two attached hydrogens (primary N) is 1. The minimum Gasteiger partial charge on any atom is -0.408 e. The second-order valence-corrected chi connectivity index (χ2v) is 5.56. The van der Waals surface area contributed by atoms with Gasteiger partial charge in [-0.3, -0.25) is 9.36 Å². The van der Waals surface area contributed by atoms with Crippen LogP contribution in [-0.4, -0.2) is 55.8 Å². The first kappa shape index (κ1) is 17.2. The first-order valence-corrected chi connectivity index (χ1v) is 7.26. The SMILES string of the molecule is COCC(N)C(=O)Nc1ccc2oc(=O)n(CCN(C)C)c2c1. The number of hydrogen-bond donors (Lipinski definition) is 2. The molecule has 0 aliphatic carbocycles. The Bertz CT molecular complexity index is 735. The summed E-state index contributed by atoms with van der Waals surface area (Å²) in [6, 6.07) is 4.27. The maximum absolute atomic E-state index is 11.9. The van der Waals surface area contributed by atoms with E-state index in [0.717, 1.165) is 0 Å². The van der Waals surface area contributed by atoms with Crippen LogP contribution in [0.3, 0.4) is 0 Å². The lowest BCUT2D eigenvalue weighted by Crippen LogP contribution is -2.39. The number of likely N-dealkylation sites (N-methyl/N-ethyl adjacent to an activating group) is 1. The summed E-state index contributed by atoms with van der Waals surface area (Å²) in [5.74, 6) is -0.765. The number of rotatable bonds is 7. The fourth-order valence-electron chi connectivity index (χ4n) is 2.14. The van der Waals surface area contributed by atoms with Crippen LogP contribution in [0.15, 0.2) is 27.4 Å². The first-order valence-electron chi connectivity index (χ1n) is 7.26. The summed E-state index contributed by atoms with van der Waals surface area (Å²) in [7, 11) is 5.33. The van der Waals surface area contributed by atoms with Crippen LogP contribution in [0.5, 0.6) is 0 Å².